The van der Waals surface area contributed by atoms with E-state index >= 15 is 0 Å². The third-order valence-electron chi connectivity index (χ3n) is 15.6. The first-order chi connectivity index (χ1) is 45.9. The molecule has 5 fully saturated rings. The molecule has 0 aromatic heterocycles. The Hall–Kier alpha value is -2.64. The van der Waals surface area contributed by atoms with Crippen molar-refractivity contribution in [1.82, 2.24) is 0 Å². The second-order valence-electron chi connectivity index (χ2n) is 31.1. The Kier molecular flexibility index (Phi) is 44.2. The SMILES string of the molecule is CC(=O)SC1CCC(C(=O)OC(C)(C)C)CC1.CC(=O)[S-].CC(C)(C)OC(=O)C1CCC(=O)CC1.CC(C)(C)OC(=O)C1CCC(O)CC1.CC(C)(C)OC(=O)C1CCC(S(=O)(=O)Cl)CC1.Cc1ccc(S(=O)(=O)Cl)cc1.Cc1ccc(S(=O)(=O)OC2CCC(C(=O)OC(C)(C)C)CC2)cc1.[K+]. The molecule has 5 aliphatic carbocycles. The van der Waals surface area contributed by atoms with Gasteiger partial charge in [0.2, 0.25) is 9.05 Å². The monoisotopic (exact) mass is 1600 g/mol. The number of halogens is 2. The van der Waals surface area contributed by atoms with Gasteiger partial charge in [0, 0.05) is 51.5 Å². The summed E-state index contributed by atoms with van der Waals surface area (Å²) in [6.45, 7) is 34.6. The van der Waals surface area contributed by atoms with E-state index < -0.39 is 61.5 Å². The summed E-state index contributed by atoms with van der Waals surface area (Å²) in [6.07, 6.45) is 12.5. The van der Waals surface area contributed by atoms with Crippen molar-refractivity contribution in [2.75, 3.05) is 0 Å². The van der Waals surface area contributed by atoms with Crippen LogP contribution in [0.1, 0.15) is 257 Å². The van der Waals surface area contributed by atoms with E-state index in [4.69, 9.17) is 49.2 Å². The van der Waals surface area contributed by atoms with E-state index in [1.165, 1.54) is 30.8 Å². The molecule has 578 valence electrons. The number of ketones is 1. The molecule has 0 spiro atoms. The molecule has 5 saturated carbocycles. The minimum Gasteiger partial charge on any atom is -0.742 e. The molecule has 0 radical (unpaired) electrons. The summed E-state index contributed by atoms with van der Waals surface area (Å²) in [5, 5.41) is 9.09. The van der Waals surface area contributed by atoms with Crippen LogP contribution >= 0.6 is 33.1 Å². The first-order valence-electron chi connectivity index (χ1n) is 34.6. The molecule has 29 heteroatoms. The molecule has 0 aliphatic heterocycles. The summed E-state index contributed by atoms with van der Waals surface area (Å²) in [6, 6.07) is 13.0. The molecule has 0 amide bonds. The smallest absolute Gasteiger partial charge is 0.742 e. The van der Waals surface area contributed by atoms with Crippen LogP contribution < -0.4 is 51.4 Å². The Morgan fingerprint density at radius 1 is 0.441 bits per heavy atom. The predicted molar refractivity (Wildman–Crippen MR) is 396 cm³/mol. The Balaban J connectivity index is 0.00000120. The van der Waals surface area contributed by atoms with Crippen molar-refractivity contribution < 1.29 is 148 Å². The molecular formula is C73H115Cl2KO21S5. The number of aliphatic hydroxyl groups excluding tert-OH is 1. The fraction of sp³-hybridized carbons (Fsp3) is 0.726. The van der Waals surface area contributed by atoms with Gasteiger partial charge in [-0.05, 0) is 264 Å². The molecule has 7 rings (SSSR count). The van der Waals surface area contributed by atoms with Gasteiger partial charge in [0.15, 0.2) is 5.12 Å². The van der Waals surface area contributed by atoms with Crippen LogP contribution in [0.25, 0.3) is 0 Å². The number of hydrogen-bond acceptors (Lipinski definition) is 23. The summed E-state index contributed by atoms with van der Waals surface area (Å²) in [4.78, 5) is 90.4. The summed E-state index contributed by atoms with van der Waals surface area (Å²) >= 11 is 5.39. The fourth-order valence-electron chi connectivity index (χ4n) is 10.7. The number of aliphatic hydroxyl groups is 1. The molecule has 0 saturated heterocycles. The number of benzene rings is 2. The van der Waals surface area contributed by atoms with Gasteiger partial charge in [-0.1, -0.05) is 47.2 Å². The number of carbonyl (C=O) groups excluding carboxylic acids is 8. The van der Waals surface area contributed by atoms with Crippen LogP contribution in [0.4, 0.5) is 0 Å². The van der Waals surface area contributed by atoms with Crippen LogP contribution in [0, 0.1) is 43.4 Å². The van der Waals surface area contributed by atoms with Gasteiger partial charge in [-0.15, -0.1) is 0 Å². The predicted octanol–water partition coefficient (Wildman–Crippen LogP) is 12.2. The van der Waals surface area contributed by atoms with Crippen molar-refractivity contribution in [3.63, 3.8) is 0 Å². The molecule has 0 heterocycles. The molecule has 2 aromatic rings. The van der Waals surface area contributed by atoms with E-state index in [2.05, 4.69) is 12.6 Å². The van der Waals surface area contributed by atoms with Crippen molar-refractivity contribution in [3.05, 3.63) is 59.7 Å². The van der Waals surface area contributed by atoms with Gasteiger partial charge in [-0.25, -0.2) is 16.8 Å². The Bertz CT molecular complexity index is 3290. The number of ether oxygens (including phenoxy) is 5. The van der Waals surface area contributed by atoms with Gasteiger partial charge in [-0.3, -0.25) is 37.7 Å². The molecule has 0 atom stereocenters. The second kappa shape index (κ2) is 45.4. The Morgan fingerprint density at radius 2 is 0.706 bits per heavy atom. The average molecular weight is 1600 g/mol. The number of carbonyl (C=O) groups is 8. The molecular weight excluding hydrogens is 1480 g/mol. The van der Waals surface area contributed by atoms with Crippen LogP contribution in [-0.4, -0.2) is 127 Å². The molecule has 1 N–H and O–H groups in total. The summed E-state index contributed by atoms with van der Waals surface area (Å²) in [7, 11) is -0.412. The molecule has 21 nitrogen and oxygen atoms in total. The normalized spacial score (nSPS) is 22.0. The van der Waals surface area contributed by atoms with Crippen LogP contribution in [-0.2, 0) is 107 Å². The molecule has 2 aromatic carbocycles. The van der Waals surface area contributed by atoms with Crippen LogP contribution in [0.2, 0.25) is 0 Å². The van der Waals surface area contributed by atoms with Gasteiger partial charge in [-0.2, -0.15) is 8.42 Å². The minimum atomic E-state index is -3.76. The second-order valence-corrected chi connectivity index (χ2v) is 40.2. The zero-order valence-corrected chi connectivity index (χ0v) is 72.6. The van der Waals surface area contributed by atoms with E-state index in [0.29, 0.717) is 82.3 Å². The zero-order valence-electron chi connectivity index (χ0n) is 63.9. The zero-order chi connectivity index (χ0) is 77.9. The van der Waals surface area contributed by atoms with Gasteiger partial charge in [0.1, 0.15) is 33.8 Å². The maximum Gasteiger partial charge on any atom is 1.00 e. The van der Waals surface area contributed by atoms with Crippen LogP contribution in [0.5, 0.6) is 0 Å². The largest absolute Gasteiger partial charge is 1.00 e. The number of aryl methyl sites for hydroxylation is 2. The summed E-state index contributed by atoms with van der Waals surface area (Å²) in [5.41, 5.74) is -0.208. The molecule has 5 aliphatic rings. The summed E-state index contributed by atoms with van der Waals surface area (Å²) < 4.78 is 100. The third-order valence-corrected chi connectivity index (χ3v) is 21.5. The maximum absolute atomic E-state index is 12.3. The number of rotatable bonds is 11. The quantitative estimate of drug-likeness (QED) is 0.0545. The number of Topliss-reactive ketones (excluding diaryl/α,β-unsaturated/α-hetero) is 1. The van der Waals surface area contributed by atoms with Crippen molar-refractivity contribution in [2.24, 2.45) is 29.6 Å². The van der Waals surface area contributed by atoms with Crippen molar-refractivity contribution in [1.29, 1.82) is 0 Å². The fourth-order valence-corrected chi connectivity index (χ4v) is 14.9. The third kappa shape index (κ3) is 46.5. The Morgan fingerprint density at radius 3 is 0.980 bits per heavy atom. The topological polar surface area (TPSA) is 315 Å². The van der Waals surface area contributed by atoms with Gasteiger partial charge < -0.3 is 46.2 Å². The van der Waals surface area contributed by atoms with E-state index in [1.807, 2.05) is 118 Å². The molecule has 0 bridgehead atoms. The van der Waals surface area contributed by atoms with E-state index in [1.54, 1.807) is 43.3 Å². The van der Waals surface area contributed by atoms with Crippen LogP contribution in [0.15, 0.2) is 58.3 Å². The summed E-state index contributed by atoms with van der Waals surface area (Å²) in [5.74, 6) is -0.911. The van der Waals surface area contributed by atoms with E-state index in [-0.39, 0.29) is 149 Å². The standard InChI is InChI=1S/C18H26O5S.C13H22O3S.C11H19ClO4S.C11H20O3.C11H18O3.C7H7ClO2S.C2H4OS.K/c1-13-5-11-16(12-6-13)24(20,21)23-15-9-7-14(8-10-15)17(19)22-18(2,3)4;1-9(14)17-11-7-5-10(6-8-11)12(15)16-13(2,3)4;1-11(2,3)16-10(13)8-4-6-9(7-5-8)17(12,14)15;2*1-11(2,3)14-10(13)8-4-6-9(12)7-5-8;1-6-2-4-7(5-3-6)11(8,9)10;1-2(3)4;/h5-6,11-12,14-15H,7-10H2,1-4H3;10-11H,5-8H2,1-4H3;8-9H,4-7H2,1-3H3;8-9,12H,4-7H2,1-3H3;8H,4-7H2,1-3H3;2-5H,1H3;1H3,(H,3,4);/q;;;;;;;+1/p-1. The maximum atomic E-state index is 12.3. The minimum absolute atomic E-state index is 0. The van der Waals surface area contributed by atoms with Crippen molar-refractivity contribution in [3.8, 4) is 0 Å². The van der Waals surface area contributed by atoms with Gasteiger partial charge in [0.25, 0.3) is 19.2 Å². The molecule has 0 unspecified atom stereocenters. The van der Waals surface area contributed by atoms with E-state index in [0.717, 1.165) is 62.5 Å². The van der Waals surface area contributed by atoms with Crippen LogP contribution in [0.3, 0.4) is 0 Å². The molecule has 102 heavy (non-hydrogen) atoms. The first kappa shape index (κ1) is 99.4. The van der Waals surface area contributed by atoms with Gasteiger partial charge in [0.05, 0.1) is 56.8 Å². The van der Waals surface area contributed by atoms with Gasteiger partial charge >= 0.3 is 81.2 Å². The van der Waals surface area contributed by atoms with E-state index in [9.17, 15) is 68.7 Å². The number of esters is 5. The van der Waals surface area contributed by atoms with Crippen molar-refractivity contribution >= 4 is 120 Å². The number of thioether (sulfide) groups is 1. The number of hydrogen-bond donors (Lipinski definition) is 1. The Labute approximate surface area is 670 Å². The first-order valence-corrected chi connectivity index (χ1v) is 42.0. The average Bonchev–Trinajstić information content (AvgIpc) is 0.830. The van der Waals surface area contributed by atoms with Crippen molar-refractivity contribution in [2.45, 2.75) is 320 Å².